The summed E-state index contributed by atoms with van der Waals surface area (Å²) in [6, 6.07) is 0. The van der Waals surface area contributed by atoms with Crippen LogP contribution in [0.3, 0.4) is 0 Å². The van der Waals surface area contributed by atoms with Gasteiger partial charge in [0, 0.05) is 24.6 Å². The Morgan fingerprint density at radius 3 is 1.97 bits per heavy atom. The summed E-state index contributed by atoms with van der Waals surface area (Å²) in [4.78, 5) is 24.1. The third-order valence-electron chi connectivity index (χ3n) is 6.67. The van der Waals surface area contributed by atoms with Crippen molar-refractivity contribution in [1.29, 1.82) is 0 Å². The molecule has 1 N–H and O–H groups in total. The van der Waals surface area contributed by atoms with Gasteiger partial charge in [-0.1, -0.05) is 0 Å². The van der Waals surface area contributed by atoms with Crippen LogP contribution in [0, 0.1) is 47.5 Å². The number of benzene rings is 1. The summed E-state index contributed by atoms with van der Waals surface area (Å²) in [6.07, 6.45) is 3.69. The summed E-state index contributed by atoms with van der Waals surface area (Å²) in [7, 11) is 0. The minimum Gasteiger partial charge on any atom is -0.483 e. The van der Waals surface area contributed by atoms with E-state index in [9.17, 15) is 4.79 Å². The first-order valence-electron chi connectivity index (χ1n) is 10.5. The molecule has 164 valence electrons. The average Bonchev–Trinajstić information content (AvgIpc) is 3.15. The molecule has 1 aliphatic heterocycles. The second-order valence-corrected chi connectivity index (χ2v) is 8.16. The molecule has 0 spiro atoms. The maximum Gasteiger partial charge on any atom is 0.290 e. The van der Waals surface area contributed by atoms with Gasteiger partial charge in [0.25, 0.3) is 6.47 Å². The summed E-state index contributed by atoms with van der Waals surface area (Å²) in [6.45, 7) is 16.3. The fraction of sp³-hybridized carbons (Fsp3) is 0.565. The molecule has 0 aliphatic carbocycles. The second kappa shape index (κ2) is 10.5. The van der Waals surface area contributed by atoms with Gasteiger partial charge in [0.1, 0.15) is 12.2 Å². The zero-order valence-corrected chi connectivity index (χ0v) is 19.0. The molecule has 0 unspecified atom stereocenters. The van der Waals surface area contributed by atoms with Crippen molar-refractivity contribution < 1.29 is 14.7 Å². The van der Waals surface area contributed by atoms with E-state index < -0.39 is 0 Å². The van der Waals surface area contributed by atoms with Crippen molar-refractivity contribution in [3.05, 3.63) is 45.5 Å². The van der Waals surface area contributed by atoms with Crippen molar-refractivity contribution in [3.8, 4) is 0 Å². The maximum atomic E-state index is 13.3. The number of aryl methyl sites for hydroxylation is 1. The summed E-state index contributed by atoms with van der Waals surface area (Å²) in [5, 5.41) is 14.9. The van der Waals surface area contributed by atoms with Gasteiger partial charge >= 0.3 is 0 Å². The van der Waals surface area contributed by atoms with Crippen molar-refractivity contribution in [2.45, 2.75) is 60.9 Å². The molecule has 2 heterocycles. The number of ketones is 1. The molecule has 7 nitrogen and oxygen atoms in total. The Labute approximate surface area is 179 Å². The average molecular weight is 415 g/mol. The monoisotopic (exact) mass is 414 g/mol. The highest BCUT2D eigenvalue weighted by Crippen LogP contribution is 2.30. The molecule has 2 aromatic rings. The molecule has 0 radical (unpaired) electrons. The standard InChI is InChI=1S/C22H32N4O.CH2O2/c1-14-15(2)17(4)21(18(5)16(14)3)22(27)20-7-9-25(10-8-20)11-12-26-13-23-24-19(26)6;2-1-3/h13,20H,7-12H2,1-6H3;1H,(H,2,3). The summed E-state index contributed by atoms with van der Waals surface area (Å²) in [5.41, 5.74) is 7.18. The quantitative estimate of drug-likeness (QED) is 0.596. The zero-order valence-electron chi connectivity index (χ0n) is 19.0. The molecule has 1 fully saturated rings. The predicted molar refractivity (Wildman–Crippen MR) is 117 cm³/mol. The fourth-order valence-corrected chi connectivity index (χ4v) is 4.27. The van der Waals surface area contributed by atoms with Gasteiger partial charge < -0.3 is 14.6 Å². The van der Waals surface area contributed by atoms with Gasteiger partial charge in [-0.2, -0.15) is 0 Å². The number of hydrogen-bond donors (Lipinski definition) is 1. The SMILES string of the molecule is Cc1c(C)c(C)c(C(=O)C2CCN(CCn3cnnc3C)CC2)c(C)c1C.O=CO. The Bertz CT molecular complexity index is 867. The van der Waals surface area contributed by atoms with Crippen molar-refractivity contribution >= 4 is 12.3 Å². The molecule has 0 saturated carbocycles. The largest absolute Gasteiger partial charge is 0.483 e. The Morgan fingerprint density at radius 1 is 1.00 bits per heavy atom. The number of likely N-dealkylation sites (tertiary alicyclic amines) is 1. The van der Waals surface area contributed by atoms with Crippen molar-refractivity contribution in [2.24, 2.45) is 5.92 Å². The number of Topliss-reactive ketones (excluding diaryl/α,β-unsaturated/α-hetero) is 1. The lowest BCUT2D eigenvalue weighted by atomic mass is 9.81. The Morgan fingerprint density at radius 2 is 1.50 bits per heavy atom. The number of carbonyl (C=O) groups is 2. The summed E-state index contributed by atoms with van der Waals surface area (Å²) >= 11 is 0. The Hall–Kier alpha value is -2.54. The number of aromatic nitrogens is 3. The molecule has 3 rings (SSSR count). The maximum absolute atomic E-state index is 13.3. The number of piperidine rings is 1. The molecule has 1 aromatic heterocycles. The van der Waals surface area contributed by atoms with E-state index in [2.05, 4.69) is 54.3 Å². The minimum absolute atomic E-state index is 0.150. The van der Waals surface area contributed by atoms with E-state index in [4.69, 9.17) is 9.90 Å². The predicted octanol–water partition coefficient (Wildman–Crippen LogP) is 3.42. The topological polar surface area (TPSA) is 88.3 Å². The van der Waals surface area contributed by atoms with Crippen LogP contribution >= 0.6 is 0 Å². The number of rotatable bonds is 5. The van der Waals surface area contributed by atoms with Crippen molar-refractivity contribution in [1.82, 2.24) is 19.7 Å². The molecule has 30 heavy (non-hydrogen) atoms. The Kier molecular flexibility index (Phi) is 8.29. The highest BCUT2D eigenvalue weighted by Gasteiger charge is 2.28. The lowest BCUT2D eigenvalue weighted by Crippen LogP contribution is -2.38. The lowest BCUT2D eigenvalue weighted by molar-refractivity contribution is -0.122. The number of carboxylic acid groups (broad SMARTS) is 1. The van der Waals surface area contributed by atoms with Gasteiger partial charge in [0.2, 0.25) is 0 Å². The van der Waals surface area contributed by atoms with E-state index in [0.717, 1.165) is 50.4 Å². The number of nitrogens with zero attached hydrogens (tertiary/aromatic N) is 4. The second-order valence-electron chi connectivity index (χ2n) is 8.16. The Balaban J connectivity index is 0.00000101. The van der Waals surface area contributed by atoms with Gasteiger partial charge in [0.05, 0.1) is 0 Å². The van der Waals surface area contributed by atoms with Gasteiger partial charge in [-0.15, -0.1) is 10.2 Å². The number of carbonyl (C=O) groups excluding carboxylic acids is 1. The number of hydrogen-bond acceptors (Lipinski definition) is 5. The van der Waals surface area contributed by atoms with Gasteiger partial charge in [-0.05, 0) is 95.3 Å². The normalized spacial score (nSPS) is 14.9. The van der Waals surface area contributed by atoms with Crippen LogP contribution in [-0.2, 0) is 11.3 Å². The van der Waals surface area contributed by atoms with Crippen LogP contribution in [0.5, 0.6) is 0 Å². The molecule has 1 saturated heterocycles. The minimum atomic E-state index is -0.250. The smallest absolute Gasteiger partial charge is 0.290 e. The highest BCUT2D eigenvalue weighted by molar-refractivity contribution is 6.01. The van der Waals surface area contributed by atoms with Crippen LogP contribution in [0.4, 0.5) is 0 Å². The fourth-order valence-electron chi connectivity index (χ4n) is 4.27. The molecule has 0 atom stereocenters. The molecule has 1 aromatic carbocycles. The van der Waals surface area contributed by atoms with Gasteiger partial charge in [0.15, 0.2) is 5.78 Å². The third-order valence-corrected chi connectivity index (χ3v) is 6.67. The van der Waals surface area contributed by atoms with Crippen LogP contribution in [0.2, 0.25) is 0 Å². The van der Waals surface area contributed by atoms with Gasteiger partial charge in [-0.3, -0.25) is 9.59 Å². The van der Waals surface area contributed by atoms with Gasteiger partial charge in [-0.25, -0.2) is 0 Å². The van der Waals surface area contributed by atoms with E-state index in [1.54, 1.807) is 6.33 Å². The lowest BCUT2D eigenvalue weighted by Gasteiger charge is -2.32. The molecule has 0 amide bonds. The summed E-state index contributed by atoms with van der Waals surface area (Å²) in [5.74, 6) is 1.46. The van der Waals surface area contributed by atoms with E-state index in [-0.39, 0.29) is 12.4 Å². The first kappa shape index (κ1) is 23.7. The molecular formula is C23H34N4O3. The van der Waals surface area contributed by atoms with E-state index in [1.807, 2.05) is 6.92 Å². The summed E-state index contributed by atoms with van der Waals surface area (Å²) < 4.78 is 2.09. The third kappa shape index (κ3) is 5.14. The molecule has 0 bridgehead atoms. The van der Waals surface area contributed by atoms with Crippen LogP contribution in [0.1, 0.15) is 56.8 Å². The van der Waals surface area contributed by atoms with E-state index in [0.29, 0.717) is 5.78 Å². The van der Waals surface area contributed by atoms with Crippen LogP contribution in [-0.4, -0.2) is 56.7 Å². The van der Waals surface area contributed by atoms with E-state index in [1.165, 1.54) is 27.8 Å². The van der Waals surface area contributed by atoms with Crippen LogP contribution < -0.4 is 0 Å². The molecule has 1 aliphatic rings. The zero-order chi connectivity index (χ0) is 22.4. The van der Waals surface area contributed by atoms with Crippen LogP contribution in [0.25, 0.3) is 0 Å². The first-order chi connectivity index (χ1) is 14.2. The van der Waals surface area contributed by atoms with Crippen LogP contribution in [0.15, 0.2) is 6.33 Å². The highest BCUT2D eigenvalue weighted by atomic mass is 16.3. The molecule has 7 heteroatoms. The first-order valence-corrected chi connectivity index (χ1v) is 10.5. The van der Waals surface area contributed by atoms with Crippen molar-refractivity contribution in [2.75, 3.05) is 19.6 Å². The van der Waals surface area contributed by atoms with Crippen molar-refractivity contribution in [3.63, 3.8) is 0 Å². The molecular weight excluding hydrogens is 380 g/mol. The van der Waals surface area contributed by atoms with E-state index >= 15 is 0 Å².